The highest BCUT2D eigenvalue weighted by Gasteiger charge is 2.27. The van der Waals surface area contributed by atoms with E-state index in [1.165, 1.54) is 6.42 Å². The summed E-state index contributed by atoms with van der Waals surface area (Å²) in [7, 11) is 0. The van der Waals surface area contributed by atoms with E-state index < -0.39 is 12.8 Å². The van der Waals surface area contributed by atoms with Crippen LogP contribution in [0.2, 0.25) is 0 Å². The highest BCUT2D eigenvalue weighted by Crippen LogP contribution is 2.19. The molecular formula is C12H22F3NO2. The molecule has 18 heavy (non-hydrogen) atoms. The molecule has 1 atom stereocenters. The molecular weight excluding hydrogens is 247 g/mol. The third kappa shape index (κ3) is 6.56. The molecule has 1 heterocycles. The van der Waals surface area contributed by atoms with Crippen LogP contribution in [0.25, 0.3) is 0 Å². The van der Waals surface area contributed by atoms with E-state index in [9.17, 15) is 13.2 Å². The van der Waals surface area contributed by atoms with Crippen molar-refractivity contribution in [3.8, 4) is 0 Å². The number of aliphatic hydroxyl groups is 1. The van der Waals surface area contributed by atoms with Gasteiger partial charge in [0.05, 0.1) is 0 Å². The van der Waals surface area contributed by atoms with Gasteiger partial charge in [-0.15, -0.1) is 0 Å². The molecule has 0 aromatic carbocycles. The topological polar surface area (TPSA) is 32.7 Å². The Morgan fingerprint density at radius 3 is 2.72 bits per heavy atom. The van der Waals surface area contributed by atoms with E-state index in [2.05, 4.69) is 9.64 Å². The lowest BCUT2D eigenvalue weighted by Gasteiger charge is -2.35. The number of alkyl halides is 3. The second-order valence-electron chi connectivity index (χ2n) is 4.72. The number of aliphatic hydroxyl groups excluding tert-OH is 1. The standard InChI is InChI=1S/C12H22F3NO2/c13-12(14,15)10-18-9-3-7-16-6-2-1-4-11(16)5-8-17/h11,17H,1-10H2. The minimum absolute atomic E-state index is 0.141. The Morgan fingerprint density at radius 1 is 1.28 bits per heavy atom. The van der Waals surface area contributed by atoms with Crippen molar-refractivity contribution in [1.82, 2.24) is 4.90 Å². The average Bonchev–Trinajstić information content (AvgIpc) is 2.29. The molecule has 1 rings (SSSR count). The number of ether oxygens (including phenoxy) is 1. The molecule has 1 aliphatic heterocycles. The summed E-state index contributed by atoms with van der Waals surface area (Å²) >= 11 is 0. The molecule has 1 fully saturated rings. The smallest absolute Gasteiger partial charge is 0.396 e. The van der Waals surface area contributed by atoms with Gasteiger partial charge in [0.2, 0.25) is 0 Å². The number of halogens is 3. The van der Waals surface area contributed by atoms with Gasteiger partial charge in [-0.2, -0.15) is 13.2 Å². The number of likely N-dealkylation sites (tertiary alicyclic amines) is 1. The molecule has 1 unspecified atom stereocenters. The maximum absolute atomic E-state index is 11.8. The van der Waals surface area contributed by atoms with Crippen molar-refractivity contribution in [2.75, 3.05) is 32.9 Å². The second-order valence-corrected chi connectivity index (χ2v) is 4.72. The molecule has 1 saturated heterocycles. The van der Waals surface area contributed by atoms with Gasteiger partial charge in [-0.3, -0.25) is 0 Å². The van der Waals surface area contributed by atoms with Crippen molar-refractivity contribution in [3.05, 3.63) is 0 Å². The van der Waals surface area contributed by atoms with Gasteiger partial charge in [0.25, 0.3) is 0 Å². The highest BCUT2D eigenvalue weighted by atomic mass is 19.4. The Bertz CT molecular complexity index is 222. The van der Waals surface area contributed by atoms with Gasteiger partial charge in [0.15, 0.2) is 0 Å². The molecule has 0 amide bonds. The third-order valence-corrected chi connectivity index (χ3v) is 3.21. The van der Waals surface area contributed by atoms with E-state index in [1.807, 2.05) is 0 Å². The average molecular weight is 269 g/mol. The molecule has 3 nitrogen and oxygen atoms in total. The monoisotopic (exact) mass is 269 g/mol. The molecule has 108 valence electrons. The molecule has 0 bridgehead atoms. The first-order valence-electron chi connectivity index (χ1n) is 6.52. The van der Waals surface area contributed by atoms with Crippen LogP contribution in [-0.4, -0.2) is 55.1 Å². The first-order chi connectivity index (χ1) is 8.53. The van der Waals surface area contributed by atoms with Gasteiger partial charge in [-0.1, -0.05) is 6.42 Å². The van der Waals surface area contributed by atoms with Gasteiger partial charge in [0.1, 0.15) is 6.61 Å². The Hall–Kier alpha value is -0.330. The summed E-state index contributed by atoms with van der Waals surface area (Å²) in [5.74, 6) is 0. The number of hydrogen-bond donors (Lipinski definition) is 1. The third-order valence-electron chi connectivity index (χ3n) is 3.21. The van der Waals surface area contributed by atoms with Crippen molar-refractivity contribution in [2.45, 2.75) is 44.3 Å². The molecule has 0 aliphatic carbocycles. The van der Waals surface area contributed by atoms with Crippen molar-refractivity contribution in [2.24, 2.45) is 0 Å². The largest absolute Gasteiger partial charge is 0.411 e. The Labute approximate surface area is 106 Å². The highest BCUT2D eigenvalue weighted by molar-refractivity contribution is 4.76. The number of rotatable bonds is 7. The maximum atomic E-state index is 11.8. The quantitative estimate of drug-likeness (QED) is 0.719. The molecule has 0 aromatic heterocycles. The van der Waals surface area contributed by atoms with Crippen LogP contribution in [-0.2, 0) is 4.74 Å². The van der Waals surface area contributed by atoms with E-state index in [4.69, 9.17) is 5.11 Å². The SMILES string of the molecule is OCCC1CCCCN1CCCOCC(F)(F)F. The Morgan fingerprint density at radius 2 is 2.06 bits per heavy atom. The van der Waals surface area contributed by atoms with E-state index >= 15 is 0 Å². The zero-order valence-corrected chi connectivity index (χ0v) is 10.6. The van der Waals surface area contributed by atoms with Crippen LogP contribution in [0.3, 0.4) is 0 Å². The normalized spacial score (nSPS) is 22.3. The summed E-state index contributed by atoms with van der Waals surface area (Å²) in [4.78, 5) is 2.26. The van der Waals surface area contributed by atoms with Crippen LogP contribution >= 0.6 is 0 Å². The number of piperidine rings is 1. The predicted octanol–water partition coefficient (Wildman–Crippen LogP) is 2.19. The Balaban J connectivity index is 2.12. The van der Waals surface area contributed by atoms with Crippen molar-refractivity contribution < 1.29 is 23.0 Å². The lowest BCUT2D eigenvalue weighted by atomic mass is 9.99. The van der Waals surface area contributed by atoms with E-state index in [0.717, 1.165) is 32.4 Å². The summed E-state index contributed by atoms with van der Waals surface area (Å²) in [6, 6.07) is 0.381. The number of hydrogen-bond acceptors (Lipinski definition) is 3. The molecule has 0 aromatic rings. The van der Waals surface area contributed by atoms with Crippen LogP contribution in [0.4, 0.5) is 13.2 Å². The van der Waals surface area contributed by atoms with Crippen LogP contribution in [0.15, 0.2) is 0 Å². The van der Waals surface area contributed by atoms with Gasteiger partial charge in [0, 0.05) is 25.8 Å². The minimum atomic E-state index is -4.23. The molecule has 1 aliphatic rings. The van der Waals surface area contributed by atoms with Crippen LogP contribution in [0, 0.1) is 0 Å². The summed E-state index contributed by atoms with van der Waals surface area (Å²) in [5.41, 5.74) is 0. The number of nitrogens with zero attached hydrogens (tertiary/aromatic N) is 1. The van der Waals surface area contributed by atoms with Crippen molar-refractivity contribution in [3.63, 3.8) is 0 Å². The Kier molecular flexibility index (Phi) is 6.96. The van der Waals surface area contributed by atoms with E-state index in [0.29, 0.717) is 12.5 Å². The van der Waals surface area contributed by atoms with Gasteiger partial charge in [-0.05, 0) is 32.2 Å². The fourth-order valence-electron chi connectivity index (χ4n) is 2.39. The fourth-order valence-corrected chi connectivity index (χ4v) is 2.39. The van der Waals surface area contributed by atoms with E-state index in [-0.39, 0.29) is 13.2 Å². The zero-order valence-electron chi connectivity index (χ0n) is 10.6. The first kappa shape index (κ1) is 15.7. The second kappa shape index (κ2) is 7.96. The van der Waals surface area contributed by atoms with Crippen LogP contribution in [0.1, 0.15) is 32.1 Å². The fraction of sp³-hybridized carbons (Fsp3) is 1.00. The molecule has 0 spiro atoms. The molecule has 6 heteroatoms. The van der Waals surface area contributed by atoms with Crippen molar-refractivity contribution in [1.29, 1.82) is 0 Å². The maximum Gasteiger partial charge on any atom is 0.411 e. The van der Waals surface area contributed by atoms with Gasteiger partial charge < -0.3 is 14.7 Å². The predicted molar refractivity (Wildman–Crippen MR) is 62.4 cm³/mol. The molecule has 1 N–H and O–H groups in total. The van der Waals surface area contributed by atoms with Crippen molar-refractivity contribution >= 4 is 0 Å². The van der Waals surface area contributed by atoms with Gasteiger partial charge >= 0.3 is 6.18 Å². The minimum Gasteiger partial charge on any atom is -0.396 e. The first-order valence-corrected chi connectivity index (χ1v) is 6.52. The lowest BCUT2D eigenvalue weighted by molar-refractivity contribution is -0.174. The lowest BCUT2D eigenvalue weighted by Crippen LogP contribution is -2.40. The summed E-state index contributed by atoms with van der Waals surface area (Å²) < 4.78 is 40.1. The molecule has 0 radical (unpaired) electrons. The summed E-state index contributed by atoms with van der Waals surface area (Å²) in [5, 5.41) is 8.96. The molecule has 0 saturated carbocycles. The summed E-state index contributed by atoms with van der Waals surface area (Å²) in [6.07, 6.45) is 0.507. The zero-order chi connectivity index (χ0) is 13.4. The summed E-state index contributed by atoms with van der Waals surface area (Å²) in [6.45, 7) is 0.882. The van der Waals surface area contributed by atoms with Crippen LogP contribution in [0.5, 0.6) is 0 Å². The van der Waals surface area contributed by atoms with Crippen LogP contribution < -0.4 is 0 Å². The van der Waals surface area contributed by atoms with E-state index in [1.54, 1.807) is 0 Å². The van der Waals surface area contributed by atoms with Gasteiger partial charge in [-0.25, -0.2) is 0 Å².